The zero-order chi connectivity index (χ0) is 22.9. The first-order chi connectivity index (χ1) is 14.8. The fourth-order valence-electron chi connectivity index (χ4n) is 4.22. The van der Waals surface area contributed by atoms with Crippen molar-refractivity contribution in [3.63, 3.8) is 0 Å². The number of ether oxygens (including phenoxy) is 2. The number of carbonyl (C=O) groups is 1. The topological polar surface area (TPSA) is 84.0 Å². The molecule has 7 nitrogen and oxygen atoms in total. The summed E-state index contributed by atoms with van der Waals surface area (Å²) in [6, 6.07) is 6.26. The molecular formula is C24H41IN4O3. The maximum Gasteiger partial charge on any atom is 0.227 e. The van der Waals surface area contributed by atoms with Crippen LogP contribution in [0.1, 0.15) is 58.4 Å². The Morgan fingerprint density at radius 1 is 1.06 bits per heavy atom. The highest BCUT2D eigenvalue weighted by Crippen LogP contribution is 2.42. The van der Waals surface area contributed by atoms with Crippen LogP contribution in [0.4, 0.5) is 0 Å². The van der Waals surface area contributed by atoms with Gasteiger partial charge in [-0.2, -0.15) is 0 Å². The van der Waals surface area contributed by atoms with E-state index in [1.165, 1.54) is 24.8 Å². The first-order valence-electron chi connectivity index (χ1n) is 11.3. The Balaban J connectivity index is 0.00000512. The highest BCUT2D eigenvalue weighted by molar-refractivity contribution is 14.0. The lowest BCUT2D eigenvalue weighted by molar-refractivity contribution is -0.128. The van der Waals surface area contributed by atoms with Crippen molar-refractivity contribution in [1.82, 2.24) is 16.0 Å². The molecule has 32 heavy (non-hydrogen) atoms. The molecule has 0 atom stereocenters. The van der Waals surface area contributed by atoms with Gasteiger partial charge in [0.25, 0.3) is 0 Å². The van der Waals surface area contributed by atoms with Crippen LogP contribution in [0.3, 0.4) is 0 Å². The van der Waals surface area contributed by atoms with E-state index in [0.717, 1.165) is 30.9 Å². The first-order valence-corrected chi connectivity index (χ1v) is 11.3. The van der Waals surface area contributed by atoms with E-state index < -0.39 is 5.41 Å². The van der Waals surface area contributed by atoms with Gasteiger partial charge in [0.2, 0.25) is 5.91 Å². The summed E-state index contributed by atoms with van der Waals surface area (Å²) >= 11 is 0. The smallest absolute Gasteiger partial charge is 0.227 e. The summed E-state index contributed by atoms with van der Waals surface area (Å²) in [4.78, 5) is 16.7. The first kappa shape index (κ1) is 28.3. The highest BCUT2D eigenvalue weighted by atomic mass is 127. The zero-order valence-electron chi connectivity index (χ0n) is 20.5. The quantitative estimate of drug-likeness (QED) is 0.243. The molecule has 1 aromatic rings. The van der Waals surface area contributed by atoms with Crippen LogP contribution in [0.2, 0.25) is 0 Å². The molecule has 1 saturated carbocycles. The van der Waals surface area contributed by atoms with Crippen LogP contribution in [0.25, 0.3) is 0 Å². The molecule has 0 radical (unpaired) electrons. The summed E-state index contributed by atoms with van der Waals surface area (Å²) in [6.07, 6.45) is 5.88. The molecule has 0 heterocycles. The van der Waals surface area contributed by atoms with Gasteiger partial charge in [-0.05, 0) is 51.3 Å². The average molecular weight is 561 g/mol. The number of benzene rings is 1. The predicted molar refractivity (Wildman–Crippen MR) is 142 cm³/mol. The Hall–Kier alpha value is -1.71. The second-order valence-electron chi connectivity index (χ2n) is 8.93. The number of hydrogen-bond donors (Lipinski definition) is 3. The Kier molecular flexibility index (Phi) is 11.6. The molecule has 182 valence electrons. The average Bonchev–Trinajstić information content (AvgIpc) is 2.79. The lowest BCUT2D eigenvalue weighted by Gasteiger charge is -2.39. The van der Waals surface area contributed by atoms with E-state index in [1.54, 1.807) is 21.3 Å². The van der Waals surface area contributed by atoms with Crippen molar-refractivity contribution in [2.75, 3.05) is 40.9 Å². The van der Waals surface area contributed by atoms with Gasteiger partial charge in [-0.15, -0.1) is 24.0 Å². The molecule has 0 aromatic heterocycles. The fraction of sp³-hybridized carbons (Fsp3) is 0.667. The number of aliphatic imine (C=N–C) groups is 1. The van der Waals surface area contributed by atoms with Gasteiger partial charge in [0.05, 0.1) is 19.6 Å². The van der Waals surface area contributed by atoms with Gasteiger partial charge in [-0.25, -0.2) is 0 Å². The van der Waals surface area contributed by atoms with Gasteiger partial charge in [0.15, 0.2) is 17.5 Å². The van der Waals surface area contributed by atoms with Crippen molar-refractivity contribution < 1.29 is 14.3 Å². The molecule has 0 aliphatic heterocycles. The van der Waals surface area contributed by atoms with Gasteiger partial charge in [-0.1, -0.05) is 25.3 Å². The van der Waals surface area contributed by atoms with E-state index in [1.807, 2.05) is 26.8 Å². The molecule has 3 N–H and O–H groups in total. The van der Waals surface area contributed by atoms with Crippen molar-refractivity contribution in [1.29, 1.82) is 0 Å². The van der Waals surface area contributed by atoms with Crippen LogP contribution in [-0.2, 0) is 10.2 Å². The van der Waals surface area contributed by atoms with E-state index in [4.69, 9.17) is 9.47 Å². The number of hydrogen-bond acceptors (Lipinski definition) is 4. The third-order valence-electron chi connectivity index (χ3n) is 6.27. The molecule has 1 fully saturated rings. The second-order valence-corrected chi connectivity index (χ2v) is 8.93. The number of nitrogens with zero attached hydrogens (tertiary/aromatic N) is 1. The zero-order valence-corrected chi connectivity index (χ0v) is 22.8. The summed E-state index contributed by atoms with van der Waals surface area (Å²) in [5.41, 5.74) is 0.736. The number of guanidine groups is 1. The minimum atomic E-state index is -0.528. The van der Waals surface area contributed by atoms with Gasteiger partial charge < -0.3 is 25.4 Å². The lowest BCUT2D eigenvalue weighted by Crippen LogP contribution is -2.50. The number of nitrogens with one attached hydrogen (secondary N) is 3. The van der Waals surface area contributed by atoms with Gasteiger partial charge in [0, 0.05) is 32.1 Å². The Bertz CT molecular complexity index is 762. The molecule has 1 aromatic carbocycles. The molecule has 1 amide bonds. The van der Waals surface area contributed by atoms with Crippen LogP contribution >= 0.6 is 24.0 Å². The van der Waals surface area contributed by atoms with Crippen molar-refractivity contribution in [2.24, 2.45) is 10.4 Å². The number of methoxy groups -OCH3 is 2. The normalized spacial score (nSPS) is 15.9. The number of carbonyl (C=O) groups excluding carboxylic acids is 1. The molecule has 0 unspecified atom stereocenters. The highest BCUT2D eigenvalue weighted by Gasteiger charge is 2.35. The van der Waals surface area contributed by atoms with Crippen LogP contribution in [-0.4, -0.2) is 52.8 Å². The van der Waals surface area contributed by atoms with Crippen molar-refractivity contribution >= 4 is 35.8 Å². The molecule has 0 spiro atoms. The number of amides is 1. The molecule has 8 heteroatoms. The molecule has 1 aliphatic carbocycles. The summed E-state index contributed by atoms with van der Waals surface area (Å²) in [7, 11) is 5.10. The second kappa shape index (κ2) is 13.1. The Morgan fingerprint density at radius 3 is 2.28 bits per heavy atom. The van der Waals surface area contributed by atoms with E-state index in [-0.39, 0.29) is 35.3 Å². The van der Waals surface area contributed by atoms with Gasteiger partial charge in [0.1, 0.15) is 0 Å². The molecule has 0 saturated heterocycles. The molecule has 1 aliphatic rings. The fourth-order valence-corrected chi connectivity index (χ4v) is 4.22. The molecular weight excluding hydrogens is 519 g/mol. The van der Waals surface area contributed by atoms with E-state index in [2.05, 4.69) is 33.1 Å². The van der Waals surface area contributed by atoms with Crippen molar-refractivity contribution in [3.05, 3.63) is 23.8 Å². The minimum Gasteiger partial charge on any atom is -0.493 e. The summed E-state index contributed by atoms with van der Waals surface area (Å²) in [6.45, 7) is 7.70. The van der Waals surface area contributed by atoms with Crippen molar-refractivity contribution in [2.45, 2.75) is 58.3 Å². The van der Waals surface area contributed by atoms with E-state index >= 15 is 0 Å². The third kappa shape index (κ3) is 7.15. The number of rotatable bonds is 9. The lowest BCUT2D eigenvalue weighted by atomic mass is 9.69. The Morgan fingerprint density at radius 2 is 1.72 bits per heavy atom. The standard InChI is InChI=1S/C24H40N4O3.HI/c1-7-26-21(29)23(2,3)16-27-22(25-4)28-17-24(13-9-8-10-14-24)18-11-12-19(30-5)20(15-18)31-6;/h11-12,15H,7-10,13-14,16-17H2,1-6H3,(H,26,29)(H2,25,27,28);1H. The van der Waals surface area contributed by atoms with Crippen molar-refractivity contribution in [3.8, 4) is 11.5 Å². The van der Waals surface area contributed by atoms with Crippen LogP contribution in [0.15, 0.2) is 23.2 Å². The van der Waals surface area contributed by atoms with E-state index in [9.17, 15) is 4.79 Å². The number of halogens is 1. The van der Waals surface area contributed by atoms with E-state index in [0.29, 0.717) is 19.0 Å². The molecule has 0 bridgehead atoms. The summed E-state index contributed by atoms with van der Waals surface area (Å²) < 4.78 is 11.0. The summed E-state index contributed by atoms with van der Waals surface area (Å²) in [5, 5.41) is 9.75. The predicted octanol–water partition coefficient (Wildman–Crippen LogP) is 3.85. The van der Waals surface area contributed by atoms with Crippen LogP contribution < -0.4 is 25.4 Å². The largest absolute Gasteiger partial charge is 0.493 e. The third-order valence-corrected chi connectivity index (χ3v) is 6.27. The molecule has 2 rings (SSSR count). The van der Waals surface area contributed by atoms with Gasteiger partial charge in [-0.3, -0.25) is 9.79 Å². The summed E-state index contributed by atoms with van der Waals surface area (Å²) in [5.74, 6) is 2.25. The SMILES string of the molecule is CCNC(=O)C(C)(C)CNC(=NC)NCC1(c2ccc(OC)c(OC)c2)CCCCC1.I. The monoisotopic (exact) mass is 560 g/mol. The Labute approximate surface area is 210 Å². The maximum absolute atomic E-state index is 12.3. The van der Waals surface area contributed by atoms with Gasteiger partial charge >= 0.3 is 0 Å². The van der Waals surface area contributed by atoms with Crippen LogP contribution in [0, 0.1) is 5.41 Å². The van der Waals surface area contributed by atoms with Crippen LogP contribution in [0.5, 0.6) is 11.5 Å². The maximum atomic E-state index is 12.3. The minimum absolute atomic E-state index is 0.